The van der Waals surface area contributed by atoms with E-state index in [9.17, 15) is 0 Å². The zero-order valence-corrected chi connectivity index (χ0v) is 7.79. The molecule has 0 aliphatic carbocycles. The van der Waals surface area contributed by atoms with Crippen LogP contribution in [0.5, 0.6) is 0 Å². The summed E-state index contributed by atoms with van der Waals surface area (Å²) in [6.07, 6.45) is 4.33. The maximum atomic E-state index is 3.04. The molecule has 0 heterocycles. The van der Waals surface area contributed by atoms with Crippen LogP contribution in [0.25, 0.3) is 0 Å². The van der Waals surface area contributed by atoms with E-state index in [2.05, 4.69) is 38.5 Å². The molecule has 0 aromatic heterocycles. The van der Waals surface area contributed by atoms with Crippen molar-refractivity contribution in [3.8, 4) is 22.6 Å². The Bertz CT molecular complexity index is 150. The summed E-state index contributed by atoms with van der Waals surface area (Å²) in [4.78, 5) is 2.69. The maximum absolute atomic E-state index is 3.04. The smallest absolute Gasteiger partial charge is 0.0106 e. The highest BCUT2D eigenvalue weighted by Crippen LogP contribution is 1.97. The van der Waals surface area contributed by atoms with Gasteiger partial charge in [-0.25, -0.2) is 0 Å². The van der Waals surface area contributed by atoms with Gasteiger partial charge in [-0.05, 0) is 24.6 Å². The summed E-state index contributed by atoms with van der Waals surface area (Å²) in [5.74, 6) is 8.82. The van der Waals surface area contributed by atoms with Crippen molar-refractivity contribution in [2.45, 2.75) is 32.6 Å². The summed E-state index contributed by atoms with van der Waals surface area (Å²) in [6, 6.07) is 0. The van der Waals surface area contributed by atoms with Gasteiger partial charge in [0.05, 0.1) is 0 Å². The van der Waals surface area contributed by atoms with Gasteiger partial charge in [-0.15, -0.1) is 11.8 Å². The highest BCUT2D eigenvalue weighted by atomic mass is 79.9. The first-order valence-corrected chi connectivity index (χ1v) is 4.19. The molecular formula is C9H11Br. The van der Waals surface area contributed by atoms with E-state index < -0.39 is 0 Å². The van der Waals surface area contributed by atoms with Gasteiger partial charge in [0, 0.05) is 28.8 Å². The highest BCUT2D eigenvalue weighted by molar-refractivity contribution is 9.12. The van der Waals surface area contributed by atoms with E-state index in [4.69, 9.17) is 0 Å². The quantitative estimate of drug-likeness (QED) is 0.484. The molecule has 54 valence electrons. The number of hydrogen-bond donors (Lipinski definition) is 0. The Morgan fingerprint density at radius 3 is 2.20 bits per heavy atom. The standard InChI is InChI=1S/C9H11Br/c1-2-3-4-5-6-7-8-9-10/h4-7H2,1H3. The van der Waals surface area contributed by atoms with E-state index in [1.165, 1.54) is 6.42 Å². The molecule has 0 atom stereocenters. The molecule has 0 amide bonds. The Hall–Kier alpha value is -0.400. The molecular weight excluding hydrogens is 188 g/mol. The molecule has 0 rings (SSSR count). The third-order valence-electron chi connectivity index (χ3n) is 1.10. The molecule has 0 spiro atoms. The van der Waals surface area contributed by atoms with Gasteiger partial charge >= 0.3 is 0 Å². The first kappa shape index (κ1) is 9.60. The normalized spacial score (nSPS) is 7.00. The maximum Gasteiger partial charge on any atom is 0.0106 e. The van der Waals surface area contributed by atoms with Gasteiger partial charge in [0.25, 0.3) is 0 Å². The van der Waals surface area contributed by atoms with E-state index in [0.29, 0.717) is 0 Å². The van der Waals surface area contributed by atoms with E-state index in [-0.39, 0.29) is 0 Å². The lowest BCUT2D eigenvalue weighted by molar-refractivity contribution is 0.782. The summed E-state index contributed by atoms with van der Waals surface area (Å²) < 4.78 is 0. The van der Waals surface area contributed by atoms with E-state index in [1.807, 2.05) is 6.92 Å². The number of unbranched alkanes of at least 4 members (excludes halogenated alkanes) is 3. The summed E-state index contributed by atoms with van der Waals surface area (Å²) in [7, 11) is 0. The number of hydrogen-bond acceptors (Lipinski definition) is 0. The molecule has 0 fully saturated rings. The van der Waals surface area contributed by atoms with Crippen LogP contribution in [0.3, 0.4) is 0 Å². The van der Waals surface area contributed by atoms with Gasteiger partial charge in [0.15, 0.2) is 0 Å². The Kier molecular flexibility index (Phi) is 8.26. The van der Waals surface area contributed by atoms with E-state index >= 15 is 0 Å². The highest BCUT2D eigenvalue weighted by Gasteiger charge is 1.81. The fraction of sp³-hybridized carbons (Fsp3) is 0.556. The van der Waals surface area contributed by atoms with E-state index in [0.717, 1.165) is 19.3 Å². The van der Waals surface area contributed by atoms with Crippen LogP contribution in [0, 0.1) is 22.6 Å². The summed E-state index contributed by atoms with van der Waals surface area (Å²) in [5, 5.41) is 0. The molecule has 1 heteroatoms. The number of halogens is 1. The summed E-state index contributed by atoms with van der Waals surface area (Å²) in [5.41, 5.74) is 0. The predicted molar refractivity (Wildman–Crippen MR) is 48.6 cm³/mol. The zero-order valence-electron chi connectivity index (χ0n) is 6.21. The largest absolute Gasteiger partial charge is 0.107 e. The lowest BCUT2D eigenvalue weighted by Gasteiger charge is -1.87. The average Bonchev–Trinajstić information content (AvgIpc) is 1.97. The minimum atomic E-state index is 0.983. The molecule has 0 saturated carbocycles. The summed E-state index contributed by atoms with van der Waals surface area (Å²) in [6.45, 7) is 1.87. The van der Waals surface area contributed by atoms with Crippen molar-refractivity contribution in [3.63, 3.8) is 0 Å². The molecule has 10 heavy (non-hydrogen) atoms. The van der Waals surface area contributed by atoms with Gasteiger partial charge in [-0.2, -0.15) is 0 Å². The third-order valence-corrected chi connectivity index (χ3v) is 1.38. The van der Waals surface area contributed by atoms with Crippen LogP contribution in [0.2, 0.25) is 0 Å². The molecule has 0 aliphatic rings. The van der Waals surface area contributed by atoms with Gasteiger partial charge in [0.1, 0.15) is 0 Å². The topological polar surface area (TPSA) is 0 Å². The molecule has 0 bridgehead atoms. The Morgan fingerprint density at radius 2 is 1.70 bits per heavy atom. The Balaban J connectivity index is 3.00. The van der Waals surface area contributed by atoms with Crippen molar-refractivity contribution in [1.82, 2.24) is 0 Å². The van der Waals surface area contributed by atoms with Gasteiger partial charge in [-0.3, -0.25) is 0 Å². The fourth-order valence-electron chi connectivity index (χ4n) is 0.599. The second-order valence-corrected chi connectivity index (χ2v) is 2.30. The van der Waals surface area contributed by atoms with Crippen LogP contribution < -0.4 is 0 Å². The molecule has 0 unspecified atom stereocenters. The minimum Gasteiger partial charge on any atom is -0.107 e. The Labute approximate surface area is 71.5 Å². The summed E-state index contributed by atoms with van der Waals surface area (Å²) >= 11 is 3.04. The lowest BCUT2D eigenvalue weighted by atomic mass is 10.2. The Morgan fingerprint density at radius 1 is 1.10 bits per heavy atom. The van der Waals surface area contributed by atoms with Crippen molar-refractivity contribution >= 4 is 15.9 Å². The zero-order chi connectivity index (χ0) is 7.66. The monoisotopic (exact) mass is 198 g/mol. The molecule has 0 saturated heterocycles. The van der Waals surface area contributed by atoms with Crippen LogP contribution in [0.4, 0.5) is 0 Å². The van der Waals surface area contributed by atoms with Crippen molar-refractivity contribution in [3.05, 3.63) is 0 Å². The molecule has 0 radical (unpaired) electrons. The van der Waals surface area contributed by atoms with Crippen molar-refractivity contribution in [2.75, 3.05) is 0 Å². The third kappa shape index (κ3) is 7.60. The second kappa shape index (κ2) is 8.60. The van der Waals surface area contributed by atoms with Crippen LogP contribution >= 0.6 is 15.9 Å². The molecule has 0 N–H and O–H groups in total. The average molecular weight is 199 g/mol. The van der Waals surface area contributed by atoms with Crippen LogP contribution in [-0.4, -0.2) is 0 Å². The second-order valence-electron chi connectivity index (χ2n) is 1.91. The predicted octanol–water partition coefficient (Wildman–Crippen LogP) is 2.93. The number of rotatable bonds is 3. The fourth-order valence-corrected chi connectivity index (χ4v) is 0.797. The van der Waals surface area contributed by atoms with Crippen molar-refractivity contribution < 1.29 is 0 Å². The van der Waals surface area contributed by atoms with Gasteiger partial charge < -0.3 is 0 Å². The first-order chi connectivity index (χ1) is 4.91. The molecule has 0 aromatic rings. The molecule has 0 aliphatic heterocycles. The van der Waals surface area contributed by atoms with E-state index in [1.54, 1.807) is 0 Å². The minimum absolute atomic E-state index is 0.983. The van der Waals surface area contributed by atoms with Gasteiger partial charge in [0.2, 0.25) is 0 Å². The van der Waals surface area contributed by atoms with Crippen LogP contribution in [0.15, 0.2) is 0 Å². The SMILES string of the molecule is CC#CCCCCC#CBr. The first-order valence-electron chi connectivity index (χ1n) is 3.40. The molecule has 0 aromatic carbocycles. The van der Waals surface area contributed by atoms with Crippen LogP contribution in [-0.2, 0) is 0 Å². The van der Waals surface area contributed by atoms with Gasteiger partial charge in [-0.1, -0.05) is 5.92 Å². The lowest BCUT2D eigenvalue weighted by Crippen LogP contribution is -1.71. The molecule has 0 nitrogen and oxygen atoms in total. The van der Waals surface area contributed by atoms with Crippen LogP contribution in [0.1, 0.15) is 32.6 Å². The van der Waals surface area contributed by atoms with Crippen molar-refractivity contribution in [1.29, 1.82) is 0 Å². The van der Waals surface area contributed by atoms with Crippen molar-refractivity contribution in [2.24, 2.45) is 0 Å².